The number of rotatable bonds is 5. The molecule has 2 heterocycles. The summed E-state index contributed by atoms with van der Waals surface area (Å²) in [5, 5.41) is 11.7. The van der Waals surface area contributed by atoms with Crippen LogP contribution in [0.5, 0.6) is 0 Å². The number of fused-ring (bicyclic) bond motifs is 1. The number of H-pyrrole nitrogens is 1. The highest BCUT2D eigenvalue weighted by molar-refractivity contribution is 5.80. The van der Waals surface area contributed by atoms with Gasteiger partial charge in [-0.3, -0.25) is 9.67 Å². The van der Waals surface area contributed by atoms with Crippen LogP contribution in [0.2, 0.25) is 0 Å². The first-order valence-electron chi connectivity index (χ1n) is 10.3. The van der Waals surface area contributed by atoms with Crippen LogP contribution in [0, 0.1) is 0 Å². The first kappa shape index (κ1) is 19.2. The van der Waals surface area contributed by atoms with Gasteiger partial charge < -0.3 is 15.6 Å². The molecular weight excluding hydrogens is 362 g/mol. The summed E-state index contributed by atoms with van der Waals surface area (Å²) in [5.41, 5.74) is 4.73. The number of nitrogens with zero attached hydrogens (tertiary/aromatic N) is 4. The number of hydrogen-bond donors (Lipinski definition) is 3. The Hall–Kier alpha value is -3.09. The number of aromatic nitrogens is 4. The normalized spacial score (nSPS) is 16.7. The predicted octanol–water partition coefficient (Wildman–Crippen LogP) is 3.08. The van der Waals surface area contributed by atoms with E-state index in [1.54, 1.807) is 7.05 Å². The van der Waals surface area contributed by atoms with E-state index in [1.807, 2.05) is 24.4 Å². The Balaban J connectivity index is 1.33. The molecule has 0 amide bonds. The summed E-state index contributed by atoms with van der Waals surface area (Å²) in [6.07, 6.45) is 7.13. The van der Waals surface area contributed by atoms with Crippen LogP contribution >= 0.6 is 0 Å². The largest absolute Gasteiger partial charge is 0.353 e. The monoisotopic (exact) mass is 391 g/mol. The molecule has 1 atom stereocenters. The minimum atomic E-state index is 0.334. The molecule has 0 radical (unpaired) electrons. The molecule has 1 aliphatic rings. The van der Waals surface area contributed by atoms with E-state index < -0.39 is 0 Å². The van der Waals surface area contributed by atoms with E-state index in [0.717, 1.165) is 42.3 Å². The summed E-state index contributed by atoms with van der Waals surface area (Å²) in [6, 6.07) is 10.9. The van der Waals surface area contributed by atoms with Gasteiger partial charge in [0.15, 0.2) is 5.96 Å². The molecule has 7 nitrogen and oxygen atoms in total. The molecule has 1 aromatic carbocycles. The third-order valence-electron chi connectivity index (χ3n) is 5.33. The van der Waals surface area contributed by atoms with Crippen LogP contribution in [0.15, 0.2) is 47.7 Å². The van der Waals surface area contributed by atoms with Gasteiger partial charge in [0.2, 0.25) is 0 Å². The molecular formula is C22H29N7. The lowest BCUT2D eigenvalue weighted by Crippen LogP contribution is -2.45. The van der Waals surface area contributed by atoms with E-state index in [0.29, 0.717) is 18.6 Å². The first-order chi connectivity index (χ1) is 14.1. The summed E-state index contributed by atoms with van der Waals surface area (Å²) >= 11 is 0. The molecule has 152 valence electrons. The van der Waals surface area contributed by atoms with Crippen LogP contribution in [-0.4, -0.2) is 38.8 Å². The van der Waals surface area contributed by atoms with Crippen molar-refractivity contribution >= 4 is 5.96 Å². The van der Waals surface area contributed by atoms with Crippen molar-refractivity contribution in [1.82, 2.24) is 30.4 Å². The molecule has 3 N–H and O–H groups in total. The number of aliphatic imine (C=N–C) groups is 1. The molecule has 7 heteroatoms. The molecule has 0 saturated heterocycles. The van der Waals surface area contributed by atoms with Crippen molar-refractivity contribution in [1.29, 1.82) is 0 Å². The molecule has 1 unspecified atom stereocenters. The molecule has 2 aromatic heterocycles. The number of benzene rings is 1. The molecule has 4 rings (SSSR count). The third kappa shape index (κ3) is 4.50. The zero-order valence-electron chi connectivity index (χ0n) is 17.3. The van der Waals surface area contributed by atoms with E-state index in [2.05, 4.69) is 62.5 Å². The number of aromatic amines is 1. The Bertz CT molecular complexity index is 968. The SMILES string of the molecule is CN=C(NCc1ncc(-c2ccccc2)[nH]1)NC1CCc2cn(C(C)C)nc2C1. The van der Waals surface area contributed by atoms with E-state index in [1.165, 1.54) is 11.3 Å². The van der Waals surface area contributed by atoms with Crippen molar-refractivity contribution in [3.05, 3.63) is 59.8 Å². The maximum absolute atomic E-state index is 4.76. The van der Waals surface area contributed by atoms with Gasteiger partial charge >= 0.3 is 0 Å². The van der Waals surface area contributed by atoms with Gasteiger partial charge in [0, 0.05) is 31.7 Å². The molecule has 0 saturated carbocycles. The molecule has 0 bridgehead atoms. The van der Waals surface area contributed by atoms with Crippen LogP contribution < -0.4 is 10.6 Å². The third-order valence-corrected chi connectivity index (χ3v) is 5.33. The predicted molar refractivity (Wildman–Crippen MR) is 116 cm³/mol. The highest BCUT2D eigenvalue weighted by Gasteiger charge is 2.23. The summed E-state index contributed by atoms with van der Waals surface area (Å²) in [7, 11) is 1.80. The highest BCUT2D eigenvalue weighted by atomic mass is 15.3. The number of guanidine groups is 1. The smallest absolute Gasteiger partial charge is 0.191 e. The highest BCUT2D eigenvalue weighted by Crippen LogP contribution is 2.22. The van der Waals surface area contributed by atoms with Gasteiger partial charge in [0.25, 0.3) is 0 Å². The van der Waals surface area contributed by atoms with E-state index in [9.17, 15) is 0 Å². The second kappa shape index (κ2) is 8.51. The number of nitrogens with one attached hydrogen (secondary N) is 3. The molecule has 1 aliphatic carbocycles. The van der Waals surface area contributed by atoms with Crippen molar-refractivity contribution in [2.45, 2.75) is 51.7 Å². The fourth-order valence-electron chi connectivity index (χ4n) is 3.67. The number of imidazole rings is 1. The van der Waals surface area contributed by atoms with Crippen molar-refractivity contribution in [3.63, 3.8) is 0 Å². The molecule has 29 heavy (non-hydrogen) atoms. The zero-order valence-corrected chi connectivity index (χ0v) is 17.3. The van der Waals surface area contributed by atoms with E-state index in [-0.39, 0.29) is 0 Å². The van der Waals surface area contributed by atoms with Gasteiger partial charge in [0.1, 0.15) is 5.82 Å². The summed E-state index contributed by atoms with van der Waals surface area (Å²) in [5.74, 6) is 1.67. The van der Waals surface area contributed by atoms with Crippen LogP contribution in [0.1, 0.15) is 43.4 Å². The standard InChI is InChI=1S/C22H29N7/c1-15(2)29-14-17-9-10-18(11-19(17)28-29)26-22(23-3)25-13-21-24-12-20(27-21)16-7-5-4-6-8-16/h4-8,12,14-15,18H,9-11,13H2,1-3H3,(H,24,27)(H2,23,25,26). The number of hydrogen-bond acceptors (Lipinski definition) is 3. The van der Waals surface area contributed by atoms with Crippen LogP contribution in [0.4, 0.5) is 0 Å². The lowest BCUT2D eigenvalue weighted by atomic mass is 9.94. The Morgan fingerprint density at radius 2 is 2.14 bits per heavy atom. The topological polar surface area (TPSA) is 82.9 Å². The molecule has 0 spiro atoms. The lowest BCUT2D eigenvalue weighted by Gasteiger charge is -2.24. The second-order valence-corrected chi connectivity index (χ2v) is 7.79. The fourth-order valence-corrected chi connectivity index (χ4v) is 3.67. The van der Waals surface area contributed by atoms with Crippen LogP contribution in [0.3, 0.4) is 0 Å². The lowest BCUT2D eigenvalue weighted by molar-refractivity contribution is 0.499. The Morgan fingerprint density at radius 1 is 1.31 bits per heavy atom. The van der Waals surface area contributed by atoms with Gasteiger partial charge in [0.05, 0.1) is 24.1 Å². The van der Waals surface area contributed by atoms with Gasteiger partial charge in [-0.1, -0.05) is 30.3 Å². The zero-order chi connectivity index (χ0) is 20.2. The van der Waals surface area contributed by atoms with Crippen LogP contribution in [0.25, 0.3) is 11.3 Å². The second-order valence-electron chi connectivity index (χ2n) is 7.79. The van der Waals surface area contributed by atoms with Crippen molar-refractivity contribution in [2.75, 3.05) is 7.05 Å². The molecule has 0 aliphatic heterocycles. The molecule has 0 fully saturated rings. The van der Waals surface area contributed by atoms with Gasteiger partial charge in [-0.2, -0.15) is 5.10 Å². The molecule has 3 aromatic rings. The first-order valence-corrected chi connectivity index (χ1v) is 10.3. The Kier molecular flexibility index (Phi) is 5.64. The average Bonchev–Trinajstić information content (AvgIpc) is 3.38. The van der Waals surface area contributed by atoms with Crippen molar-refractivity contribution < 1.29 is 0 Å². The van der Waals surface area contributed by atoms with Gasteiger partial charge in [-0.05, 0) is 37.8 Å². The number of aryl methyl sites for hydroxylation is 1. The quantitative estimate of drug-likeness (QED) is 0.461. The summed E-state index contributed by atoms with van der Waals surface area (Å²) in [6.45, 7) is 4.92. The summed E-state index contributed by atoms with van der Waals surface area (Å²) < 4.78 is 2.07. The maximum atomic E-state index is 4.76. The summed E-state index contributed by atoms with van der Waals surface area (Å²) in [4.78, 5) is 12.2. The Morgan fingerprint density at radius 3 is 2.90 bits per heavy atom. The van der Waals surface area contributed by atoms with Crippen LogP contribution in [-0.2, 0) is 19.4 Å². The van der Waals surface area contributed by atoms with Crippen molar-refractivity contribution in [3.8, 4) is 11.3 Å². The minimum Gasteiger partial charge on any atom is -0.353 e. The van der Waals surface area contributed by atoms with Gasteiger partial charge in [-0.15, -0.1) is 0 Å². The van der Waals surface area contributed by atoms with Crippen molar-refractivity contribution in [2.24, 2.45) is 4.99 Å². The Labute approximate surface area is 171 Å². The fraction of sp³-hybridized carbons (Fsp3) is 0.409. The average molecular weight is 392 g/mol. The van der Waals surface area contributed by atoms with Gasteiger partial charge in [-0.25, -0.2) is 4.98 Å². The van der Waals surface area contributed by atoms with E-state index in [4.69, 9.17) is 5.10 Å². The minimum absolute atomic E-state index is 0.334. The maximum Gasteiger partial charge on any atom is 0.191 e. The van der Waals surface area contributed by atoms with E-state index >= 15 is 0 Å².